The normalized spacial score (nSPS) is 10.4. The zero-order chi connectivity index (χ0) is 19.2. The minimum absolute atomic E-state index is 0.213. The van der Waals surface area contributed by atoms with Gasteiger partial charge >= 0.3 is 0 Å². The fourth-order valence-electron chi connectivity index (χ4n) is 2.62. The predicted octanol–water partition coefficient (Wildman–Crippen LogP) is 3.00. The number of amides is 2. The molecule has 0 unspecified atom stereocenters. The van der Waals surface area contributed by atoms with Gasteiger partial charge in [-0.3, -0.25) is 14.8 Å². The number of hydrogen-bond donors (Lipinski definition) is 3. The second-order valence-corrected chi connectivity index (χ2v) is 5.61. The molecule has 0 aliphatic heterocycles. The van der Waals surface area contributed by atoms with Crippen molar-refractivity contribution < 1.29 is 24.0 Å². The topological polar surface area (TPSA) is 101 Å². The van der Waals surface area contributed by atoms with Gasteiger partial charge in [0.1, 0.15) is 17.9 Å². The number of fused-ring (bicyclic) bond motifs is 1. The van der Waals surface area contributed by atoms with Gasteiger partial charge in [-0.15, -0.1) is 0 Å². The van der Waals surface area contributed by atoms with E-state index in [0.29, 0.717) is 22.5 Å². The zero-order valence-corrected chi connectivity index (χ0v) is 14.4. The van der Waals surface area contributed by atoms with Gasteiger partial charge in [-0.25, -0.2) is 5.48 Å². The first-order chi connectivity index (χ1) is 13.1. The number of benzene rings is 2. The Morgan fingerprint density at radius 1 is 1.11 bits per heavy atom. The summed E-state index contributed by atoms with van der Waals surface area (Å²) in [4.78, 5) is 23.6. The largest absolute Gasteiger partial charge is 0.492 e. The van der Waals surface area contributed by atoms with Crippen molar-refractivity contribution in [2.75, 3.05) is 13.2 Å². The first kappa shape index (κ1) is 18.2. The summed E-state index contributed by atoms with van der Waals surface area (Å²) >= 11 is 0. The molecule has 0 spiro atoms. The van der Waals surface area contributed by atoms with Crippen molar-refractivity contribution in [2.24, 2.45) is 0 Å². The third-order valence-corrected chi connectivity index (χ3v) is 3.92. The van der Waals surface area contributed by atoms with Crippen LogP contribution in [-0.2, 0) is 0 Å². The minimum Gasteiger partial charge on any atom is -0.492 e. The maximum atomic E-state index is 12.4. The fraction of sp³-hybridized carbons (Fsp3) is 0.100. The molecule has 2 amide bonds. The van der Waals surface area contributed by atoms with Crippen molar-refractivity contribution in [3.63, 3.8) is 0 Å². The highest BCUT2D eigenvalue weighted by atomic mass is 16.5. The van der Waals surface area contributed by atoms with Crippen LogP contribution in [0.3, 0.4) is 0 Å². The Hall–Kier alpha value is -3.58. The van der Waals surface area contributed by atoms with Crippen molar-refractivity contribution >= 4 is 28.9 Å². The lowest BCUT2D eigenvalue weighted by atomic mass is 10.1. The Morgan fingerprint density at radius 2 is 1.85 bits per heavy atom. The van der Waals surface area contributed by atoms with Crippen molar-refractivity contribution in [1.29, 1.82) is 0 Å². The van der Waals surface area contributed by atoms with E-state index >= 15 is 0 Å². The van der Waals surface area contributed by atoms with Crippen LogP contribution in [0, 0.1) is 0 Å². The highest BCUT2D eigenvalue weighted by molar-refractivity contribution is 6.02. The van der Waals surface area contributed by atoms with E-state index in [4.69, 9.17) is 14.4 Å². The zero-order valence-electron chi connectivity index (χ0n) is 14.4. The molecule has 1 heterocycles. The van der Waals surface area contributed by atoms with E-state index in [1.807, 2.05) is 18.2 Å². The number of carbonyl (C=O) groups is 2. The number of ether oxygens (including phenoxy) is 1. The molecule has 7 nitrogen and oxygen atoms in total. The van der Waals surface area contributed by atoms with Crippen LogP contribution in [-0.4, -0.2) is 30.2 Å². The second-order valence-electron chi connectivity index (χ2n) is 5.61. The second kappa shape index (κ2) is 8.20. The van der Waals surface area contributed by atoms with E-state index in [-0.39, 0.29) is 24.8 Å². The van der Waals surface area contributed by atoms with Crippen molar-refractivity contribution in [3.05, 3.63) is 72.0 Å². The Labute approximate surface area is 155 Å². The van der Waals surface area contributed by atoms with Crippen molar-refractivity contribution in [2.45, 2.75) is 0 Å². The smallest absolute Gasteiger partial charge is 0.287 e. The number of hydroxylamine groups is 1. The average Bonchev–Trinajstić information content (AvgIpc) is 3.09. The molecule has 138 valence electrons. The Morgan fingerprint density at radius 3 is 2.56 bits per heavy atom. The highest BCUT2D eigenvalue weighted by Crippen LogP contribution is 2.26. The molecule has 0 radical (unpaired) electrons. The van der Waals surface area contributed by atoms with Gasteiger partial charge in [0.2, 0.25) is 0 Å². The van der Waals surface area contributed by atoms with Crippen LogP contribution < -0.4 is 15.5 Å². The van der Waals surface area contributed by atoms with Crippen LogP contribution in [0.5, 0.6) is 5.75 Å². The van der Waals surface area contributed by atoms with Gasteiger partial charge in [0.15, 0.2) is 5.76 Å². The van der Waals surface area contributed by atoms with Crippen LogP contribution in [0.1, 0.15) is 26.5 Å². The van der Waals surface area contributed by atoms with E-state index in [1.54, 1.807) is 29.8 Å². The minimum atomic E-state index is -0.599. The molecular weight excluding hydrogens is 348 g/mol. The summed E-state index contributed by atoms with van der Waals surface area (Å²) in [6, 6.07) is 13.6. The molecule has 0 atom stereocenters. The lowest BCUT2D eigenvalue weighted by molar-refractivity contribution is 0.0706. The van der Waals surface area contributed by atoms with E-state index in [1.165, 1.54) is 12.1 Å². The monoisotopic (exact) mass is 366 g/mol. The molecule has 3 N–H and O–H groups in total. The fourth-order valence-corrected chi connectivity index (χ4v) is 2.62. The van der Waals surface area contributed by atoms with Crippen LogP contribution in [0.4, 0.5) is 0 Å². The van der Waals surface area contributed by atoms with E-state index in [0.717, 1.165) is 5.39 Å². The molecule has 0 fully saturated rings. The van der Waals surface area contributed by atoms with Gasteiger partial charge in [-0.05, 0) is 30.3 Å². The molecule has 3 rings (SSSR count). The van der Waals surface area contributed by atoms with E-state index in [9.17, 15) is 9.59 Å². The summed E-state index contributed by atoms with van der Waals surface area (Å²) in [6.07, 6.45) is 1.60. The molecule has 3 aromatic rings. The van der Waals surface area contributed by atoms with Crippen LogP contribution in [0.2, 0.25) is 0 Å². The Bertz CT molecular complexity index is 976. The van der Waals surface area contributed by atoms with Crippen LogP contribution >= 0.6 is 0 Å². The first-order valence-electron chi connectivity index (χ1n) is 8.23. The average molecular weight is 366 g/mol. The van der Waals surface area contributed by atoms with Crippen molar-refractivity contribution in [1.82, 2.24) is 10.8 Å². The van der Waals surface area contributed by atoms with Crippen LogP contribution in [0.15, 0.2) is 59.5 Å². The number of furan rings is 1. The van der Waals surface area contributed by atoms with Gasteiger partial charge in [0.25, 0.3) is 11.8 Å². The lowest BCUT2D eigenvalue weighted by Gasteiger charge is -2.08. The molecule has 0 aliphatic rings. The molecule has 0 bridgehead atoms. The summed E-state index contributed by atoms with van der Waals surface area (Å²) < 4.78 is 11.1. The Balaban J connectivity index is 1.56. The molecule has 0 saturated carbocycles. The van der Waals surface area contributed by atoms with Gasteiger partial charge in [-0.2, -0.15) is 0 Å². The molecule has 1 aromatic heterocycles. The number of nitrogens with one attached hydrogen (secondary N) is 2. The van der Waals surface area contributed by atoms with Gasteiger partial charge in [-0.1, -0.05) is 30.9 Å². The molecule has 27 heavy (non-hydrogen) atoms. The number of hydrogen-bond acceptors (Lipinski definition) is 5. The summed E-state index contributed by atoms with van der Waals surface area (Å²) in [5.74, 6) is -0.197. The number of rotatable bonds is 7. The maximum Gasteiger partial charge on any atom is 0.287 e. The standard InChI is InChI=1S/C20H18N2O5/c1-2-15-16-5-3-4-6-17(16)27-18(15)20(24)21-11-12-26-14-9-7-13(8-10-14)19(23)22-25/h2-10,25H,1,11-12H2,(H,21,24)(H,22,23). The van der Waals surface area contributed by atoms with Gasteiger partial charge in [0.05, 0.1) is 6.54 Å². The van der Waals surface area contributed by atoms with Gasteiger partial charge in [0, 0.05) is 16.5 Å². The van der Waals surface area contributed by atoms with E-state index in [2.05, 4.69) is 11.9 Å². The molecule has 2 aromatic carbocycles. The quantitative estimate of drug-likeness (QED) is 0.339. The third-order valence-electron chi connectivity index (χ3n) is 3.92. The maximum absolute atomic E-state index is 12.4. The number of para-hydroxylation sites is 1. The van der Waals surface area contributed by atoms with E-state index < -0.39 is 5.91 Å². The summed E-state index contributed by atoms with van der Waals surface area (Å²) in [6.45, 7) is 4.26. The summed E-state index contributed by atoms with van der Waals surface area (Å²) in [5, 5.41) is 12.2. The van der Waals surface area contributed by atoms with Gasteiger partial charge < -0.3 is 14.5 Å². The first-order valence-corrected chi connectivity index (χ1v) is 8.23. The molecular formula is C20H18N2O5. The summed E-state index contributed by atoms with van der Waals surface area (Å²) in [7, 11) is 0. The van der Waals surface area contributed by atoms with Crippen molar-refractivity contribution in [3.8, 4) is 5.75 Å². The lowest BCUT2D eigenvalue weighted by Crippen LogP contribution is -2.28. The number of carbonyl (C=O) groups excluding carboxylic acids is 2. The molecule has 0 saturated heterocycles. The highest BCUT2D eigenvalue weighted by Gasteiger charge is 2.18. The molecule has 0 aliphatic carbocycles. The summed E-state index contributed by atoms with van der Waals surface area (Å²) in [5.41, 5.74) is 3.14. The third kappa shape index (κ3) is 3.99. The molecule has 7 heteroatoms. The predicted molar refractivity (Wildman–Crippen MR) is 99.8 cm³/mol. The Kier molecular flexibility index (Phi) is 5.53. The van der Waals surface area contributed by atoms with Crippen LogP contribution in [0.25, 0.3) is 17.0 Å². The SMILES string of the molecule is C=Cc1c(C(=O)NCCOc2ccc(C(=O)NO)cc2)oc2ccccc12.